The predicted molar refractivity (Wildman–Crippen MR) is 67.5 cm³/mol. The van der Waals surface area contributed by atoms with E-state index in [1.807, 2.05) is 24.3 Å². The Balaban J connectivity index is 2.56. The summed E-state index contributed by atoms with van der Waals surface area (Å²) in [6.07, 6.45) is 0. The van der Waals surface area contributed by atoms with E-state index in [-0.39, 0.29) is 0 Å². The molecule has 0 amide bonds. The van der Waals surface area contributed by atoms with Gasteiger partial charge in [-0.2, -0.15) is 5.10 Å². The van der Waals surface area contributed by atoms with Gasteiger partial charge in [0.2, 0.25) is 0 Å². The van der Waals surface area contributed by atoms with Crippen LogP contribution in [0.25, 0.3) is 11.3 Å². The molecule has 4 heteroatoms. The zero-order valence-corrected chi connectivity index (χ0v) is 10.0. The molecule has 3 N–H and O–H groups in total. The highest BCUT2D eigenvalue weighted by molar-refractivity contribution is 6.30. The molecule has 0 radical (unpaired) electrons. The minimum absolute atomic E-state index is 0.327. The number of hydrogen-bond donors (Lipinski definition) is 2. The second kappa shape index (κ2) is 4.18. The fourth-order valence-electron chi connectivity index (χ4n) is 1.81. The number of aromatic nitrogens is 2. The van der Waals surface area contributed by atoms with E-state index in [0.29, 0.717) is 16.8 Å². The van der Waals surface area contributed by atoms with E-state index in [2.05, 4.69) is 24.0 Å². The summed E-state index contributed by atoms with van der Waals surface area (Å²) in [5, 5.41) is 7.73. The lowest BCUT2D eigenvalue weighted by Crippen LogP contribution is -1.95. The number of aromatic amines is 1. The van der Waals surface area contributed by atoms with Crippen LogP contribution in [-0.2, 0) is 0 Å². The number of nitrogens with zero attached hydrogens (tertiary/aromatic N) is 1. The third-order valence-electron chi connectivity index (χ3n) is 2.52. The summed E-state index contributed by atoms with van der Waals surface area (Å²) in [5.41, 5.74) is 8.85. The number of nitrogens with one attached hydrogen (secondary N) is 1. The highest BCUT2D eigenvalue weighted by atomic mass is 35.5. The first-order valence-corrected chi connectivity index (χ1v) is 5.57. The van der Waals surface area contributed by atoms with Crippen molar-refractivity contribution in [1.29, 1.82) is 0 Å². The normalized spacial score (nSPS) is 11.0. The lowest BCUT2D eigenvalue weighted by Gasteiger charge is -2.07. The van der Waals surface area contributed by atoms with Crippen LogP contribution in [0.1, 0.15) is 25.3 Å². The molecular formula is C12H14ClN3. The molecule has 0 saturated heterocycles. The zero-order valence-electron chi connectivity index (χ0n) is 9.29. The van der Waals surface area contributed by atoms with Crippen molar-refractivity contribution in [3.63, 3.8) is 0 Å². The molecule has 0 aliphatic rings. The average Bonchev–Trinajstić information content (AvgIpc) is 2.60. The van der Waals surface area contributed by atoms with Crippen LogP contribution in [0.15, 0.2) is 24.3 Å². The molecule has 0 fully saturated rings. The summed E-state index contributed by atoms with van der Waals surface area (Å²) in [7, 11) is 0. The summed E-state index contributed by atoms with van der Waals surface area (Å²) < 4.78 is 0. The van der Waals surface area contributed by atoms with E-state index in [9.17, 15) is 0 Å². The number of H-pyrrole nitrogens is 1. The highest BCUT2D eigenvalue weighted by Crippen LogP contribution is 2.32. The van der Waals surface area contributed by atoms with Crippen LogP contribution in [-0.4, -0.2) is 10.2 Å². The van der Waals surface area contributed by atoms with Gasteiger partial charge in [-0.05, 0) is 18.1 Å². The van der Waals surface area contributed by atoms with E-state index in [1.165, 1.54) is 0 Å². The van der Waals surface area contributed by atoms with E-state index < -0.39 is 0 Å². The molecule has 3 nitrogen and oxygen atoms in total. The molecule has 0 unspecified atom stereocenters. The maximum Gasteiger partial charge on any atom is 0.149 e. The maximum atomic E-state index is 5.97. The first-order chi connectivity index (χ1) is 7.59. The van der Waals surface area contributed by atoms with Crippen LogP contribution in [0.2, 0.25) is 5.02 Å². The van der Waals surface area contributed by atoms with Gasteiger partial charge in [-0.25, -0.2) is 0 Å². The van der Waals surface area contributed by atoms with E-state index in [1.54, 1.807) is 0 Å². The van der Waals surface area contributed by atoms with Crippen molar-refractivity contribution in [2.24, 2.45) is 0 Å². The second-order valence-electron chi connectivity index (χ2n) is 4.06. The molecule has 1 aromatic heterocycles. The summed E-state index contributed by atoms with van der Waals surface area (Å²) in [6.45, 7) is 4.19. The third kappa shape index (κ3) is 1.91. The van der Waals surface area contributed by atoms with Gasteiger partial charge in [-0.1, -0.05) is 37.6 Å². The second-order valence-corrected chi connectivity index (χ2v) is 4.50. The summed E-state index contributed by atoms with van der Waals surface area (Å²) >= 11 is 5.97. The monoisotopic (exact) mass is 235 g/mol. The largest absolute Gasteiger partial charge is 0.382 e. The molecule has 0 aliphatic carbocycles. The smallest absolute Gasteiger partial charge is 0.149 e. The molecule has 1 heterocycles. The van der Waals surface area contributed by atoms with Crippen molar-refractivity contribution in [2.45, 2.75) is 19.8 Å². The molecule has 16 heavy (non-hydrogen) atoms. The quantitative estimate of drug-likeness (QED) is 0.838. The van der Waals surface area contributed by atoms with E-state index >= 15 is 0 Å². The first kappa shape index (κ1) is 11.0. The Bertz CT molecular complexity index is 503. The zero-order chi connectivity index (χ0) is 11.7. The topological polar surface area (TPSA) is 54.7 Å². The van der Waals surface area contributed by atoms with Crippen LogP contribution in [0, 0.1) is 0 Å². The Morgan fingerprint density at radius 2 is 2.12 bits per heavy atom. The molecule has 1 aromatic carbocycles. The van der Waals surface area contributed by atoms with Gasteiger partial charge in [0.25, 0.3) is 0 Å². The SMILES string of the molecule is CC(C)c1c(N)n[nH]c1-c1cccc(Cl)c1. The number of nitrogens with two attached hydrogens (primary N) is 1. The molecule has 2 rings (SSSR count). The molecule has 84 valence electrons. The van der Waals surface area contributed by atoms with Gasteiger partial charge < -0.3 is 5.73 Å². The van der Waals surface area contributed by atoms with Gasteiger partial charge in [0.15, 0.2) is 0 Å². The van der Waals surface area contributed by atoms with Crippen molar-refractivity contribution in [2.75, 3.05) is 5.73 Å². The molecule has 0 aliphatic heterocycles. The summed E-state index contributed by atoms with van der Waals surface area (Å²) in [4.78, 5) is 0. The van der Waals surface area contributed by atoms with Crippen molar-refractivity contribution in [3.8, 4) is 11.3 Å². The van der Waals surface area contributed by atoms with Gasteiger partial charge in [0.05, 0.1) is 5.69 Å². The van der Waals surface area contributed by atoms with Crippen LogP contribution in [0.5, 0.6) is 0 Å². The summed E-state index contributed by atoms with van der Waals surface area (Å²) in [6, 6.07) is 7.66. The Labute approximate surface area is 99.6 Å². The number of hydrogen-bond acceptors (Lipinski definition) is 2. The molecule has 0 saturated carbocycles. The third-order valence-corrected chi connectivity index (χ3v) is 2.76. The Morgan fingerprint density at radius 1 is 1.38 bits per heavy atom. The van der Waals surface area contributed by atoms with Crippen LogP contribution >= 0.6 is 11.6 Å². The van der Waals surface area contributed by atoms with Crippen molar-refractivity contribution < 1.29 is 0 Å². The van der Waals surface area contributed by atoms with Crippen molar-refractivity contribution in [3.05, 3.63) is 34.9 Å². The Hall–Kier alpha value is -1.48. The predicted octanol–water partition coefficient (Wildman–Crippen LogP) is 3.44. The van der Waals surface area contributed by atoms with Gasteiger partial charge in [-0.3, -0.25) is 5.10 Å². The minimum Gasteiger partial charge on any atom is -0.382 e. The van der Waals surface area contributed by atoms with E-state index in [0.717, 1.165) is 16.8 Å². The molecule has 2 aromatic rings. The van der Waals surface area contributed by atoms with E-state index in [4.69, 9.17) is 17.3 Å². The van der Waals surface area contributed by atoms with Crippen molar-refractivity contribution >= 4 is 17.4 Å². The van der Waals surface area contributed by atoms with Gasteiger partial charge in [0.1, 0.15) is 5.82 Å². The Kier molecular flexibility index (Phi) is 2.88. The highest BCUT2D eigenvalue weighted by Gasteiger charge is 2.15. The van der Waals surface area contributed by atoms with Crippen LogP contribution < -0.4 is 5.73 Å². The molecule has 0 bridgehead atoms. The fraction of sp³-hybridized carbons (Fsp3) is 0.250. The first-order valence-electron chi connectivity index (χ1n) is 5.19. The lowest BCUT2D eigenvalue weighted by atomic mass is 9.99. The maximum absolute atomic E-state index is 5.97. The average molecular weight is 236 g/mol. The molecule has 0 spiro atoms. The van der Waals surface area contributed by atoms with Crippen LogP contribution in [0.3, 0.4) is 0 Å². The summed E-state index contributed by atoms with van der Waals surface area (Å²) in [5.74, 6) is 0.887. The Morgan fingerprint density at radius 3 is 2.75 bits per heavy atom. The van der Waals surface area contributed by atoms with Gasteiger partial charge in [0, 0.05) is 16.1 Å². The molecular weight excluding hydrogens is 222 g/mol. The number of halogens is 1. The standard InChI is InChI=1S/C12H14ClN3/c1-7(2)10-11(15-16-12(10)14)8-4-3-5-9(13)6-8/h3-7H,1-2H3,(H3,14,15,16). The van der Waals surface area contributed by atoms with Gasteiger partial charge >= 0.3 is 0 Å². The number of benzene rings is 1. The fourth-order valence-corrected chi connectivity index (χ4v) is 2.00. The van der Waals surface area contributed by atoms with Gasteiger partial charge in [-0.15, -0.1) is 0 Å². The number of rotatable bonds is 2. The van der Waals surface area contributed by atoms with Crippen LogP contribution in [0.4, 0.5) is 5.82 Å². The van der Waals surface area contributed by atoms with Crippen molar-refractivity contribution in [1.82, 2.24) is 10.2 Å². The number of nitrogen functional groups attached to an aromatic ring is 1. The number of anilines is 1. The molecule has 0 atom stereocenters. The lowest BCUT2D eigenvalue weighted by molar-refractivity contribution is 0.873. The minimum atomic E-state index is 0.327.